The quantitative estimate of drug-likeness (QED) is 0.733. The van der Waals surface area contributed by atoms with Gasteiger partial charge in [0.15, 0.2) is 0 Å². The van der Waals surface area contributed by atoms with Gasteiger partial charge in [0.2, 0.25) is 5.88 Å². The SMILES string of the molecule is COc1ccc(N=Cc2c(O)n(C)c3ccccc23)cc1Cl. The first-order valence-corrected chi connectivity index (χ1v) is 7.13. The van der Waals surface area contributed by atoms with Gasteiger partial charge in [0, 0.05) is 18.6 Å². The van der Waals surface area contributed by atoms with Crippen molar-refractivity contribution in [1.29, 1.82) is 0 Å². The van der Waals surface area contributed by atoms with E-state index in [9.17, 15) is 5.11 Å². The molecule has 3 aromatic rings. The van der Waals surface area contributed by atoms with Gasteiger partial charge in [0.1, 0.15) is 5.75 Å². The molecule has 0 fully saturated rings. The number of aromatic nitrogens is 1. The van der Waals surface area contributed by atoms with Crippen molar-refractivity contribution >= 4 is 34.4 Å². The number of hydrogen-bond acceptors (Lipinski definition) is 3. The fourth-order valence-corrected chi connectivity index (χ4v) is 2.66. The van der Waals surface area contributed by atoms with E-state index in [2.05, 4.69) is 4.99 Å². The molecule has 0 saturated heterocycles. The molecule has 4 nitrogen and oxygen atoms in total. The third kappa shape index (κ3) is 2.42. The number of nitrogens with zero attached hydrogens (tertiary/aromatic N) is 2. The zero-order valence-corrected chi connectivity index (χ0v) is 13.0. The van der Waals surface area contributed by atoms with Crippen LogP contribution in [0.15, 0.2) is 47.5 Å². The lowest BCUT2D eigenvalue weighted by atomic mass is 10.2. The summed E-state index contributed by atoms with van der Waals surface area (Å²) in [5, 5.41) is 11.7. The molecule has 0 aliphatic heterocycles. The van der Waals surface area contributed by atoms with Gasteiger partial charge in [0.05, 0.1) is 28.9 Å². The van der Waals surface area contributed by atoms with E-state index < -0.39 is 0 Å². The molecule has 3 rings (SSSR count). The average molecular weight is 315 g/mol. The molecule has 1 heterocycles. The van der Waals surface area contributed by atoms with Gasteiger partial charge in [-0.05, 0) is 24.3 Å². The maximum atomic E-state index is 10.3. The maximum absolute atomic E-state index is 10.3. The summed E-state index contributed by atoms with van der Waals surface area (Å²) in [5.41, 5.74) is 2.33. The van der Waals surface area contributed by atoms with Crippen molar-refractivity contribution in [3.8, 4) is 11.6 Å². The van der Waals surface area contributed by atoms with Crippen molar-refractivity contribution in [2.45, 2.75) is 0 Å². The monoisotopic (exact) mass is 314 g/mol. The van der Waals surface area contributed by atoms with Crippen LogP contribution in [0.4, 0.5) is 5.69 Å². The van der Waals surface area contributed by atoms with Crippen LogP contribution in [0.2, 0.25) is 5.02 Å². The molecule has 0 spiro atoms. The number of ether oxygens (including phenoxy) is 1. The van der Waals surface area contributed by atoms with Crippen molar-refractivity contribution < 1.29 is 9.84 Å². The number of aromatic hydroxyl groups is 1. The summed E-state index contributed by atoms with van der Waals surface area (Å²) in [5.74, 6) is 0.790. The zero-order valence-electron chi connectivity index (χ0n) is 12.2. The van der Waals surface area contributed by atoms with E-state index in [4.69, 9.17) is 16.3 Å². The Morgan fingerprint density at radius 2 is 2.00 bits per heavy atom. The fourth-order valence-electron chi connectivity index (χ4n) is 2.41. The van der Waals surface area contributed by atoms with Crippen LogP contribution in [0.25, 0.3) is 10.9 Å². The maximum Gasteiger partial charge on any atom is 0.200 e. The summed E-state index contributed by atoms with van der Waals surface area (Å²) >= 11 is 6.09. The molecular weight excluding hydrogens is 300 g/mol. The van der Waals surface area contributed by atoms with Crippen LogP contribution >= 0.6 is 11.6 Å². The molecule has 5 heteroatoms. The molecule has 0 atom stereocenters. The first kappa shape index (κ1) is 14.5. The molecule has 0 amide bonds. The summed E-state index contributed by atoms with van der Waals surface area (Å²) in [4.78, 5) is 4.40. The number of rotatable bonds is 3. The number of aryl methyl sites for hydroxylation is 1. The minimum Gasteiger partial charge on any atom is -0.495 e. The molecule has 0 aliphatic carbocycles. The lowest BCUT2D eigenvalue weighted by Crippen LogP contribution is -1.86. The Morgan fingerprint density at radius 3 is 2.73 bits per heavy atom. The molecule has 0 aliphatic rings. The second-order valence-corrected chi connectivity index (χ2v) is 5.30. The van der Waals surface area contributed by atoms with E-state index in [1.54, 1.807) is 30.0 Å². The molecule has 1 N–H and O–H groups in total. The van der Waals surface area contributed by atoms with Crippen molar-refractivity contribution in [3.63, 3.8) is 0 Å². The predicted octanol–water partition coefficient (Wildman–Crippen LogP) is 4.30. The molecule has 0 unspecified atom stereocenters. The van der Waals surface area contributed by atoms with Gasteiger partial charge >= 0.3 is 0 Å². The summed E-state index contributed by atoms with van der Waals surface area (Å²) < 4.78 is 6.85. The molecular formula is C17H15ClN2O2. The van der Waals surface area contributed by atoms with Gasteiger partial charge in [-0.15, -0.1) is 0 Å². The molecule has 0 bridgehead atoms. The van der Waals surface area contributed by atoms with Crippen LogP contribution in [-0.4, -0.2) is 23.0 Å². The molecule has 112 valence electrons. The number of halogens is 1. The van der Waals surface area contributed by atoms with Gasteiger partial charge in [-0.25, -0.2) is 0 Å². The second-order valence-electron chi connectivity index (χ2n) is 4.89. The highest BCUT2D eigenvalue weighted by Gasteiger charge is 2.11. The first-order chi connectivity index (χ1) is 10.6. The first-order valence-electron chi connectivity index (χ1n) is 6.76. The summed E-state index contributed by atoms with van der Waals surface area (Å²) in [6.45, 7) is 0. The Kier molecular flexibility index (Phi) is 3.77. The number of fused-ring (bicyclic) bond motifs is 1. The van der Waals surface area contributed by atoms with Gasteiger partial charge in [-0.1, -0.05) is 29.8 Å². The lowest BCUT2D eigenvalue weighted by molar-refractivity contribution is 0.415. The minimum atomic E-state index is 0.185. The standard InChI is InChI=1S/C17H15ClN2O2/c1-20-15-6-4-3-5-12(15)13(17(20)21)10-19-11-7-8-16(22-2)14(18)9-11/h3-10,21H,1-2H3. The van der Waals surface area contributed by atoms with E-state index in [-0.39, 0.29) is 5.88 Å². The van der Waals surface area contributed by atoms with Crippen molar-refractivity contribution in [1.82, 2.24) is 4.57 Å². The molecule has 0 radical (unpaired) electrons. The Bertz CT molecular complexity index is 868. The summed E-state index contributed by atoms with van der Waals surface area (Å²) in [6.07, 6.45) is 1.65. The number of aliphatic imine (C=N–C) groups is 1. The number of methoxy groups -OCH3 is 1. The largest absolute Gasteiger partial charge is 0.495 e. The third-order valence-electron chi connectivity index (χ3n) is 3.59. The average Bonchev–Trinajstić information content (AvgIpc) is 2.77. The van der Waals surface area contributed by atoms with E-state index in [0.29, 0.717) is 22.0 Å². The van der Waals surface area contributed by atoms with Crippen LogP contribution in [0.5, 0.6) is 11.6 Å². The normalized spacial score (nSPS) is 11.4. The number of para-hydroxylation sites is 1. The highest BCUT2D eigenvalue weighted by molar-refractivity contribution is 6.32. The molecule has 0 saturated carbocycles. The Balaban J connectivity index is 2.03. The predicted molar refractivity (Wildman–Crippen MR) is 89.8 cm³/mol. The Labute approximate surface area is 133 Å². The third-order valence-corrected chi connectivity index (χ3v) is 3.89. The van der Waals surface area contributed by atoms with Crippen molar-refractivity contribution in [2.75, 3.05) is 7.11 Å². The summed E-state index contributed by atoms with van der Waals surface area (Å²) in [7, 11) is 3.39. The zero-order chi connectivity index (χ0) is 15.7. The van der Waals surface area contributed by atoms with E-state index in [0.717, 1.165) is 10.9 Å². The number of hydrogen-bond donors (Lipinski definition) is 1. The lowest BCUT2D eigenvalue weighted by Gasteiger charge is -2.02. The van der Waals surface area contributed by atoms with E-state index in [1.165, 1.54) is 0 Å². The van der Waals surface area contributed by atoms with Crippen LogP contribution in [0, 0.1) is 0 Å². The molecule has 22 heavy (non-hydrogen) atoms. The highest BCUT2D eigenvalue weighted by atomic mass is 35.5. The van der Waals surface area contributed by atoms with Crippen molar-refractivity contribution in [3.05, 3.63) is 53.1 Å². The second kappa shape index (κ2) is 5.73. The molecule has 2 aromatic carbocycles. The van der Waals surface area contributed by atoms with Crippen LogP contribution in [0.3, 0.4) is 0 Å². The van der Waals surface area contributed by atoms with Gasteiger partial charge in [-0.2, -0.15) is 0 Å². The van der Waals surface area contributed by atoms with Crippen LogP contribution in [0.1, 0.15) is 5.56 Å². The van der Waals surface area contributed by atoms with Gasteiger partial charge < -0.3 is 14.4 Å². The van der Waals surface area contributed by atoms with E-state index >= 15 is 0 Å². The van der Waals surface area contributed by atoms with E-state index in [1.807, 2.05) is 37.4 Å². The molecule has 1 aromatic heterocycles. The number of benzene rings is 2. The fraction of sp³-hybridized carbons (Fsp3) is 0.118. The minimum absolute atomic E-state index is 0.185. The summed E-state index contributed by atoms with van der Waals surface area (Å²) in [6, 6.07) is 13.1. The van der Waals surface area contributed by atoms with Crippen LogP contribution < -0.4 is 4.74 Å². The highest BCUT2D eigenvalue weighted by Crippen LogP contribution is 2.31. The Morgan fingerprint density at radius 1 is 1.23 bits per heavy atom. The Hall–Kier alpha value is -2.46. The smallest absolute Gasteiger partial charge is 0.200 e. The topological polar surface area (TPSA) is 46.8 Å². The van der Waals surface area contributed by atoms with Crippen molar-refractivity contribution in [2.24, 2.45) is 12.0 Å². The van der Waals surface area contributed by atoms with Crippen LogP contribution in [-0.2, 0) is 7.05 Å². The van der Waals surface area contributed by atoms with Gasteiger partial charge in [-0.3, -0.25) is 4.99 Å². The van der Waals surface area contributed by atoms with Gasteiger partial charge in [0.25, 0.3) is 0 Å².